The number of nitrogens with two attached hydrogens (primary N) is 3. The first-order valence-electron chi connectivity index (χ1n) is 38.0. The van der Waals surface area contributed by atoms with E-state index in [-0.39, 0.29) is 88.3 Å². The summed E-state index contributed by atoms with van der Waals surface area (Å²) in [5, 5.41) is 24.7. The zero-order valence-corrected chi connectivity index (χ0v) is 61.7. The summed E-state index contributed by atoms with van der Waals surface area (Å²) in [5.74, 6) is -5.89. The summed E-state index contributed by atoms with van der Waals surface area (Å²) in [5.41, 5.74) is 27.0. The maximum atomic E-state index is 15.5. The lowest BCUT2D eigenvalue weighted by Gasteiger charge is -2.46. The molecule has 21 heteroatoms. The molecule has 3 amide bonds. The zero-order valence-electron chi connectivity index (χ0n) is 60.9. The van der Waals surface area contributed by atoms with E-state index in [1.807, 2.05) is 96.7 Å². The molecular weight excluding hydrogens is 1340 g/mol. The largest absolute Gasteiger partial charge is 0.391 e. The Kier molecular flexibility index (Phi) is 29.5. The number of benzene rings is 5. The van der Waals surface area contributed by atoms with E-state index in [0.29, 0.717) is 87.0 Å². The number of rotatable bonds is 23. The van der Waals surface area contributed by atoms with Crippen molar-refractivity contribution < 1.29 is 47.9 Å². The van der Waals surface area contributed by atoms with Gasteiger partial charge < -0.3 is 53.5 Å². The molecule has 2 fully saturated rings. The number of likely N-dealkylation sites (tertiary alicyclic amines) is 1. The number of amides is 3. The minimum Gasteiger partial charge on any atom is -0.391 e. The molecule has 560 valence electrons. The van der Waals surface area contributed by atoms with E-state index in [1.54, 1.807) is 18.3 Å². The molecule has 12 atom stereocenters. The molecule has 0 bridgehead atoms. The molecule has 0 unspecified atom stereocenters. The molecule has 0 saturated carbocycles. The number of hydrogen-bond acceptors (Lipinski definition) is 14. The molecule has 105 heavy (non-hydrogen) atoms. The van der Waals surface area contributed by atoms with Gasteiger partial charge in [-0.15, -0.1) is 0 Å². The van der Waals surface area contributed by atoms with Crippen molar-refractivity contribution in [1.82, 2.24) is 31.2 Å². The van der Waals surface area contributed by atoms with Gasteiger partial charge >= 0.3 is 0 Å². The highest BCUT2D eigenvalue weighted by atomic mass is 32.2. The number of aromatic nitrogens is 1. The number of carbonyl (C=O) groups excluding carboxylic acids is 8. The van der Waals surface area contributed by atoms with E-state index in [0.717, 1.165) is 59.3 Å². The number of piperidine rings is 1. The van der Waals surface area contributed by atoms with Crippen LogP contribution in [0.5, 0.6) is 0 Å². The van der Waals surface area contributed by atoms with Crippen LogP contribution in [0.4, 0.5) is 4.39 Å². The fourth-order valence-corrected chi connectivity index (χ4v) is 17.2. The summed E-state index contributed by atoms with van der Waals surface area (Å²) in [6, 6.07) is 34.3. The number of Topliss-reactive ketones (excluding diaryl/α,β-unsaturated/α-hetero) is 5. The third-order valence-electron chi connectivity index (χ3n) is 21.9. The van der Waals surface area contributed by atoms with Gasteiger partial charge in [-0.25, -0.2) is 4.39 Å². The molecule has 12 N–H and O–H groups in total. The number of halogens is 1. The van der Waals surface area contributed by atoms with Crippen molar-refractivity contribution >= 4 is 80.8 Å². The molecule has 6 aromatic rings. The minimum atomic E-state index is -1.49. The van der Waals surface area contributed by atoms with Gasteiger partial charge in [0.2, 0.25) is 17.7 Å². The van der Waals surface area contributed by atoms with Crippen LogP contribution in [0.15, 0.2) is 145 Å². The molecule has 5 aromatic carbocycles. The summed E-state index contributed by atoms with van der Waals surface area (Å²) in [7, 11) is 2.26. The average molecular weight is 1450 g/mol. The van der Waals surface area contributed by atoms with Gasteiger partial charge in [-0.1, -0.05) is 135 Å². The molecule has 2 aliphatic carbocycles. The van der Waals surface area contributed by atoms with Crippen LogP contribution in [-0.4, -0.2) is 149 Å². The second kappa shape index (κ2) is 39.2. The molecule has 2 saturated heterocycles. The summed E-state index contributed by atoms with van der Waals surface area (Å²) >= 11 is 1.86. The molecular formula is C84H107FN10O9S. The Labute approximate surface area is 621 Å². The van der Waals surface area contributed by atoms with Gasteiger partial charge in [0.05, 0.1) is 24.2 Å². The maximum Gasteiger partial charge on any atom is 0.224 e. The number of allylic oxidation sites excluding steroid dienone is 1. The van der Waals surface area contributed by atoms with Crippen LogP contribution in [0.2, 0.25) is 0 Å². The lowest BCUT2D eigenvalue weighted by atomic mass is 9.70. The highest BCUT2D eigenvalue weighted by Gasteiger charge is 2.42. The normalized spacial score (nSPS) is 24.9. The van der Waals surface area contributed by atoms with Crippen molar-refractivity contribution in [3.8, 4) is 0 Å². The van der Waals surface area contributed by atoms with E-state index >= 15 is 24.0 Å². The van der Waals surface area contributed by atoms with Crippen molar-refractivity contribution in [2.75, 3.05) is 44.7 Å². The van der Waals surface area contributed by atoms with Gasteiger partial charge in [0.25, 0.3) is 0 Å². The number of unbranched alkanes of at least 4 members (excludes halogenated alkanes) is 1. The van der Waals surface area contributed by atoms with Crippen molar-refractivity contribution in [2.45, 2.75) is 184 Å². The summed E-state index contributed by atoms with van der Waals surface area (Å²) in [6.07, 6.45) is 8.26. The molecule has 0 radical (unpaired) electrons. The van der Waals surface area contributed by atoms with Crippen LogP contribution in [0.1, 0.15) is 155 Å². The number of H-pyrrole nitrogens is 1. The number of aliphatic imine (C=N–C) groups is 1. The van der Waals surface area contributed by atoms with Gasteiger partial charge in [0.15, 0.2) is 29.1 Å². The number of fused-ring (bicyclic) bond motifs is 3. The summed E-state index contributed by atoms with van der Waals surface area (Å²) in [4.78, 5) is 131. The molecule has 2 aliphatic heterocycles. The fourth-order valence-electron chi connectivity index (χ4n) is 16.2. The zero-order chi connectivity index (χ0) is 74.4. The monoisotopic (exact) mass is 1450 g/mol. The van der Waals surface area contributed by atoms with Gasteiger partial charge in [-0.3, -0.25) is 43.3 Å². The van der Waals surface area contributed by atoms with E-state index in [4.69, 9.17) is 17.2 Å². The van der Waals surface area contributed by atoms with Crippen molar-refractivity contribution in [3.63, 3.8) is 0 Å². The number of likely N-dealkylation sites (N-methyl/N-ethyl adjacent to an activating group) is 1. The van der Waals surface area contributed by atoms with Crippen molar-refractivity contribution in [1.29, 1.82) is 0 Å². The lowest BCUT2D eigenvalue weighted by Crippen LogP contribution is -2.51. The molecule has 10 rings (SSSR count). The average Bonchev–Trinajstić information content (AvgIpc) is 1.68. The van der Waals surface area contributed by atoms with E-state index < -0.39 is 101 Å². The number of para-hydroxylation sites is 1. The highest BCUT2D eigenvalue weighted by Crippen LogP contribution is 2.49. The topological polar surface area (TPSA) is 314 Å². The first kappa shape index (κ1) is 79.1. The molecule has 3 heterocycles. The Morgan fingerprint density at radius 3 is 2.00 bits per heavy atom. The van der Waals surface area contributed by atoms with Gasteiger partial charge in [0, 0.05) is 117 Å². The van der Waals surface area contributed by atoms with Gasteiger partial charge in [0.1, 0.15) is 17.6 Å². The highest BCUT2D eigenvalue weighted by molar-refractivity contribution is 7.99. The van der Waals surface area contributed by atoms with E-state index in [9.17, 15) is 23.9 Å². The maximum absolute atomic E-state index is 15.5. The first-order valence-corrected chi connectivity index (χ1v) is 39.1. The Bertz CT molecular complexity index is 3990. The number of guanidine groups is 1. The number of hydrogen-bond donors (Lipinski definition) is 9. The van der Waals surface area contributed by atoms with Crippen LogP contribution in [0.3, 0.4) is 0 Å². The molecule has 0 spiro atoms. The first-order chi connectivity index (χ1) is 50.8. The molecule has 4 aliphatic rings. The smallest absolute Gasteiger partial charge is 0.224 e. The number of carbonyl (C=O) groups is 8. The predicted molar refractivity (Wildman–Crippen MR) is 412 cm³/mol. The second-order valence-corrected chi connectivity index (χ2v) is 30.9. The quantitative estimate of drug-likeness (QED) is 0.0164. The third-order valence-corrected chi connectivity index (χ3v) is 23.1. The number of aromatic amines is 1. The van der Waals surface area contributed by atoms with Crippen LogP contribution in [-0.2, 0) is 70.5 Å². The van der Waals surface area contributed by atoms with Crippen molar-refractivity contribution in [2.24, 2.45) is 51.8 Å². The summed E-state index contributed by atoms with van der Waals surface area (Å²) in [6.45, 7) is 3.35. The van der Waals surface area contributed by atoms with E-state index in [1.165, 1.54) is 41.3 Å². The van der Waals surface area contributed by atoms with Gasteiger partial charge in [-0.05, 0) is 172 Å². The number of thioether (sulfide) groups is 1. The Balaban J connectivity index is 0.958. The van der Waals surface area contributed by atoms with Gasteiger partial charge in [-0.2, -0.15) is 11.8 Å². The lowest BCUT2D eigenvalue weighted by molar-refractivity contribution is -0.136. The SMILES string of the molecule is C[C@@H](O)[C@@H]1NC(=O)[C@H](CCCCN)CC(=O)[C@@H](Cc2c[nH]c3ccccc23)NC(=O)[C@H](Cc2ccccc2)CC(=O)[C@H](Cc2ccccc2)NC(=O)[C@H](CCCN=C(N)N)CC(=O)[C@H](NCCSC[C@@H]2C[C@@H]3c4cccc5c4C(=CC5)C[C@H]3N(C)C2)CCCCCC(=O)[C@H](Cc2ccc(F)cc2)CC1=O. The van der Waals surface area contributed by atoms with Crippen LogP contribution in [0, 0.1) is 35.4 Å². The number of ketones is 5. The number of nitrogens with one attached hydrogen (secondary N) is 5. The summed E-state index contributed by atoms with van der Waals surface area (Å²) < 4.78 is 14.3. The number of aliphatic hydroxyl groups is 1. The Hall–Kier alpha value is -8.47. The van der Waals surface area contributed by atoms with Crippen LogP contribution >= 0.6 is 11.8 Å². The predicted octanol–water partition coefficient (Wildman–Crippen LogP) is 9.57. The van der Waals surface area contributed by atoms with Crippen LogP contribution < -0.4 is 38.5 Å². The number of nitrogens with zero attached hydrogens (tertiary/aromatic N) is 2. The van der Waals surface area contributed by atoms with Crippen molar-refractivity contribution in [3.05, 3.63) is 184 Å². The van der Waals surface area contributed by atoms with E-state index in [2.05, 4.69) is 67.5 Å². The van der Waals surface area contributed by atoms with Crippen LogP contribution in [0.25, 0.3) is 16.5 Å². The number of aliphatic hydroxyl groups excluding tert-OH is 1. The third kappa shape index (κ3) is 22.5. The molecule has 19 nitrogen and oxygen atoms in total. The fraction of sp³-hybridized carbons (Fsp3) is 0.488. The minimum absolute atomic E-state index is 0.0178. The standard InChI is InChI=1S/C84H107FN10O9S/c1-53(96)80-78(101)48-62(40-56-30-34-65(85)35-31-56)74(97)29-11-5-10-28-70(89-38-39-105-52-57-42-68-67-26-16-23-58-32-33-59(79(58)67)45-73(68)95(2)51-57)75(98)46-61(24-17-37-90-84(87)88)81(102)92-71(43-55-20-8-4-9-21-55)77(100)49-63(41-54-18-6-3-7-19-54)83(104)93-72(44-64-50-91-69-27-13-12-25-66(64)69)76(99)47-60(82(103)94-80)22-14-15-36-86/h3-4,6-9,12-13,16,18-21,23,25-27,30-31,33-35,50,53,57,60-63,68,70-73,80,89,91,96H,5,10-11,14-15,17,22,24,28-29,32,36-49,51-52,86H2,1-2H3,(H,92,102)(H,93,104)(H,94,103)(H4,87,88,90)/t53-,57-,60-,61-,62-,63-,68-,70-,71+,72-,73-,80+/m1/s1. The second-order valence-electron chi connectivity index (χ2n) is 29.7. The molecule has 1 aromatic heterocycles. The Morgan fingerprint density at radius 1 is 0.657 bits per heavy atom. The Morgan fingerprint density at radius 2 is 1.29 bits per heavy atom.